The van der Waals surface area contributed by atoms with Gasteiger partial charge in [-0.25, -0.2) is 0 Å². The van der Waals surface area contributed by atoms with Gasteiger partial charge in [-0.1, -0.05) is 17.7 Å². The minimum atomic E-state index is -0.629. The number of nitrogens with one attached hydrogen (secondary N) is 1. The molecule has 138 valence electrons. The molecular formula is C20H22ClNO4. The zero-order valence-corrected chi connectivity index (χ0v) is 15.8. The maximum absolute atomic E-state index is 12.5. The zero-order chi connectivity index (χ0) is 18.7. The standard InChI is InChI=1S/C20H22ClNO4/c1-12-10-16(5-6-17(12)21)26-14(3)20(23)22-13(2)15-4-7-18-19(11-15)25-9-8-24-18/h4-7,10-11,13-14H,8-9H2,1-3H3,(H,22,23)/t13-,14-/m1/s1. The topological polar surface area (TPSA) is 56.8 Å². The summed E-state index contributed by atoms with van der Waals surface area (Å²) in [4.78, 5) is 12.5. The molecular weight excluding hydrogens is 354 g/mol. The number of fused-ring (bicyclic) bond motifs is 1. The van der Waals surface area contributed by atoms with E-state index in [2.05, 4.69) is 5.32 Å². The predicted molar refractivity (Wildman–Crippen MR) is 100 cm³/mol. The normalized spacial score (nSPS) is 15.1. The Balaban J connectivity index is 1.62. The van der Waals surface area contributed by atoms with Gasteiger partial charge in [-0.15, -0.1) is 0 Å². The molecule has 2 aromatic carbocycles. The Bertz CT molecular complexity index is 808. The highest BCUT2D eigenvalue weighted by molar-refractivity contribution is 6.31. The van der Waals surface area contributed by atoms with E-state index in [1.54, 1.807) is 19.1 Å². The smallest absolute Gasteiger partial charge is 0.261 e. The quantitative estimate of drug-likeness (QED) is 0.856. The van der Waals surface area contributed by atoms with Crippen LogP contribution in [0.25, 0.3) is 0 Å². The molecule has 3 rings (SSSR count). The summed E-state index contributed by atoms with van der Waals surface area (Å²) in [5.41, 5.74) is 1.85. The molecule has 6 heteroatoms. The highest BCUT2D eigenvalue weighted by Gasteiger charge is 2.20. The number of hydrogen-bond acceptors (Lipinski definition) is 4. The van der Waals surface area contributed by atoms with E-state index >= 15 is 0 Å². The van der Waals surface area contributed by atoms with Gasteiger partial charge >= 0.3 is 0 Å². The number of carbonyl (C=O) groups excluding carboxylic acids is 1. The molecule has 0 aliphatic carbocycles. The number of rotatable bonds is 5. The van der Waals surface area contributed by atoms with E-state index in [0.717, 1.165) is 16.9 Å². The SMILES string of the molecule is Cc1cc(O[C@H](C)C(=O)N[C@H](C)c2ccc3c(c2)OCCO3)ccc1Cl. The second-order valence-corrected chi connectivity index (χ2v) is 6.71. The van der Waals surface area contributed by atoms with Gasteiger partial charge in [0.15, 0.2) is 17.6 Å². The maximum atomic E-state index is 12.5. The molecule has 5 nitrogen and oxygen atoms in total. The van der Waals surface area contributed by atoms with Crippen LogP contribution in [0.3, 0.4) is 0 Å². The molecule has 0 unspecified atom stereocenters. The second kappa shape index (κ2) is 7.87. The highest BCUT2D eigenvalue weighted by atomic mass is 35.5. The van der Waals surface area contributed by atoms with Crippen molar-refractivity contribution in [3.63, 3.8) is 0 Å². The fourth-order valence-corrected chi connectivity index (χ4v) is 2.81. The number of ether oxygens (including phenoxy) is 3. The molecule has 0 spiro atoms. The van der Waals surface area contributed by atoms with E-state index in [0.29, 0.717) is 29.7 Å². The number of amides is 1. The van der Waals surface area contributed by atoms with Crippen molar-refractivity contribution in [2.24, 2.45) is 0 Å². The van der Waals surface area contributed by atoms with E-state index in [4.69, 9.17) is 25.8 Å². The molecule has 1 N–H and O–H groups in total. The highest BCUT2D eigenvalue weighted by Crippen LogP contribution is 2.32. The molecule has 2 aromatic rings. The van der Waals surface area contributed by atoms with Crippen LogP contribution in [0.15, 0.2) is 36.4 Å². The molecule has 0 saturated heterocycles. The number of hydrogen-bond donors (Lipinski definition) is 1. The van der Waals surface area contributed by atoms with Crippen LogP contribution in [0.5, 0.6) is 17.2 Å². The molecule has 2 atom stereocenters. The van der Waals surface area contributed by atoms with Gasteiger partial charge in [0.05, 0.1) is 6.04 Å². The van der Waals surface area contributed by atoms with Gasteiger partial charge in [-0.3, -0.25) is 4.79 Å². The third-order valence-electron chi connectivity index (χ3n) is 4.24. The summed E-state index contributed by atoms with van der Waals surface area (Å²) < 4.78 is 16.8. The fraction of sp³-hybridized carbons (Fsp3) is 0.350. The van der Waals surface area contributed by atoms with E-state index in [9.17, 15) is 4.79 Å². The number of carbonyl (C=O) groups is 1. The average Bonchev–Trinajstić information content (AvgIpc) is 2.64. The third kappa shape index (κ3) is 4.22. The summed E-state index contributed by atoms with van der Waals surface area (Å²) in [7, 11) is 0. The summed E-state index contributed by atoms with van der Waals surface area (Å²) in [5, 5.41) is 3.63. The van der Waals surface area contributed by atoms with E-state index in [1.165, 1.54) is 0 Å². The summed E-state index contributed by atoms with van der Waals surface area (Å²) in [6, 6.07) is 10.8. The number of aryl methyl sites for hydroxylation is 1. The first-order chi connectivity index (χ1) is 12.4. The number of halogens is 1. The molecule has 26 heavy (non-hydrogen) atoms. The summed E-state index contributed by atoms with van der Waals surface area (Å²) in [5.74, 6) is 1.85. The van der Waals surface area contributed by atoms with Crippen LogP contribution in [0.1, 0.15) is 31.0 Å². The van der Waals surface area contributed by atoms with Crippen LogP contribution < -0.4 is 19.5 Å². The molecule has 0 aromatic heterocycles. The lowest BCUT2D eigenvalue weighted by molar-refractivity contribution is -0.127. The van der Waals surface area contributed by atoms with Crippen molar-refractivity contribution in [2.75, 3.05) is 13.2 Å². The Morgan fingerprint density at radius 1 is 1.12 bits per heavy atom. The Labute approximate surface area is 158 Å². The lowest BCUT2D eigenvalue weighted by Gasteiger charge is -2.22. The van der Waals surface area contributed by atoms with Crippen molar-refractivity contribution in [1.82, 2.24) is 5.32 Å². The van der Waals surface area contributed by atoms with Crippen LogP contribution >= 0.6 is 11.6 Å². The van der Waals surface area contributed by atoms with Gasteiger partial charge in [0, 0.05) is 5.02 Å². The minimum Gasteiger partial charge on any atom is -0.486 e. The van der Waals surface area contributed by atoms with Crippen LogP contribution in [0.4, 0.5) is 0 Å². The third-order valence-corrected chi connectivity index (χ3v) is 4.66. The average molecular weight is 376 g/mol. The van der Waals surface area contributed by atoms with Crippen molar-refractivity contribution in [3.05, 3.63) is 52.5 Å². The van der Waals surface area contributed by atoms with Crippen molar-refractivity contribution in [2.45, 2.75) is 32.9 Å². The van der Waals surface area contributed by atoms with Gasteiger partial charge in [-0.2, -0.15) is 0 Å². The molecule has 1 heterocycles. The van der Waals surface area contributed by atoms with Gasteiger partial charge < -0.3 is 19.5 Å². The lowest BCUT2D eigenvalue weighted by Crippen LogP contribution is -2.37. The molecule has 1 aliphatic rings. The molecule has 0 radical (unpaired) electrons. The summed E-state index contributed by atoms with van der Waals surface area (Å²) in [6.45, 7) is 6.61. The minimum absolute atomic E-state index is 0.184. The van der Waals surface area contributed by atoms with Gasteiger partial charge in [-0.05, 0) is 62.2 Å². The second-order valence-electron chi connectivity index (χ2n) is 6.30. The van der Waals surface area contributed by atoms with Crippen molar-refractivity contribution in [3.8, 4) is 17.2 Å². The van der Waals surface area contributed by atoms with Gasteiger partial charge in [0.2, 0.25) is 0 Å². The van der Waals surface area contributed by atoms with Gasteiger partial charge in [0.1, 0.15) is 19.0 Å². The van der Waals surface area contributed by atoms with E-state index < -0.39 is 6.10 Å². The first-order valence-electron chi connectivity index (χ1n) is 8.57. The largest absolute Gasteiger partial charge is 0.486 e. The van der Waals surface area contributed by atoms with Crippen LogP contribution in [0, 0.1) is 6.92 Å². The fourth-order valence-electron chi connectivity index (χ4n) is 2.69. The first kappa shape index (κ1) is 18.4. The Morgan fingerprint density at radius 2 is 1.85 bits per heavy atom. The van der Waals surface area contributed by atoms with Crippen LogP contribution in [-0.4, -0.2) is 25.2 Å². The Hall–Kier alpha value is -2.40. The lowest BCUT2D eigenvalue weighted by atomic mass is 10.1. The monoisotopic (exact) mass is 375 g/mol. The predicted octanol–water partition coefficient (Wildman–Crippen LogP) is 4.06. The molecule has 0 bridgehead atoms. The Kier molecular flexibility index (Phi) is 5.57. The van der Waals surface area contributed by atoms with Crippen molar-refractivity contribution in [1.29, 1.82) is 0 Å². The van der Waals surface area contributed by atoms with Crippen LogP contribution in [-0.2, 0) is 4.79 Å². The molecule has 1 amide bonds. The zero-order valence-electron chi connectivity index (χ0n) is 15.0. The summed E-state index contributed by atoms with van der Waals surface area (Å²) in [6.07, 6.45) is -0.629. The van der Waals surface area contributed by atoms with Crippen LogP contribution in [0.2, 0.25) is 5.02 Å². The number of benzene rings is 2. The maximum Gasteiger partial charge on any atom is 0.261 e. The van der Waals surface area contributed by atoms with Gasteiger partial charge in [0.25, 0.3) is 5.91 Å². The van der Waals surface area contributed by atoms with Crippen molar-refractivity contribution >= 4 is 17.5 Å². The molecule has 0 fully saturated rings. The Morgan fingerprint density at radius 3 is 2.58 bits per heavy atom. The van der Waals surface area contributed by atoms with E-state index in [-0.39, 0.29) is 11.9 Å². The first-order valence-corrected chi connectivity index (χ1v) is 8.94. The molecule has 0 saturated carbocycles. The van der Waals surface area contributed by atoms with Crippen molar-refractivity contribution < 1.29 is 19.0 Å². The molecule has 1 aliphatic heterocycles. The summed E-state index contributed by atoms with van der Waals surface area (Å²) >= 11 is 6.01. The van der Waals surface area contributed by atoms with E-state index in [1.807, 2.05) is 38.1 Å².